The molecule has 0 saturated carbocycles. The van der Waals surface area contributed by atoms with Crippen LogP contribution in [0.4, 0.5) is 5.69 Å². The number of ether oxygens (including phenoxy) is 1. The number of hydrogen-bond donors (Lipinski definition) is 1. The van der Waals surface area contributed by atoms with Crippen LogP contribution in [0, 0.1) is 12.8 Å². The number of carbonyl (C=O) groups excluding carboxylic acids is 1. The van der Waals surface area contributed by atoms with Crippen LogP contribution in [-0.2, 0) is 4.79 Å². The molecule has 2 aromatic rings. The minimum absolute atomic E-state index is 0.206. The lowest BCUT2D eigenvalue weighted by atomic mass is 9.92. The number of nitrogens with two attached hydrogens (primary N) is 1. The molecule has 1 fully saturated rings. The van der Waals surface area contributed by atoms with Gasteiger partial charge in [-0.3, -0.25) is 9.78 Å². The topological polar surface area (TPSA) is 68.5 Å². The number of carbonyl (C=O) groups is 1. The van der Waals surface area contributed by atoms with E-state index in [0.717, 1.165) is 49.0 Å². The average molecular weight is 327 g/mol. The molecular weight excluding hydrogens is 302 g/mol. The maximum absolute atomic E-state index is 11.1. The molecule has 1 aromatic heterocycles. The van der Waals surface area contributed by atoms with Crippen molar-refractivity contribution in [2.24, 2.45) is 11.7 Å². The largest absolute Gasteiger partial charge is 0.494 e. The summed E-state index contributed by atoms with van der Waals surface area (Å²) in [5.74, 6) is 1.11. The zero-order valence-corrected chi connectivity index (χ0v) is 14.4. The van der Waals surface area contributed by atoms with Crippen LogP contribution in [0.2, 0.25) is 0 Å². The Bertz CT molecular complexity index is 745. The van der Waals surface area contributed by atoms with Gasteiger partial charge in [0, 0.05) is 31.1 Å². The Kier molecular flexibility index (Phi) is 4.88. The van der Waals surface area contributed by atoms with Crippen molar-refractivity contribution in [3.63, 3.8) is 0 Å². The molecule has 0 radical (unpaired) electrons. The van der Waals surface area contributed by atoms with E-state index in [4.69, 9.17) is 10.5 Å². The summed E-state index contributed by atoms with van der Waals surface area (Å²) in [4.78, 5) is 18.1. The molecule has 0 aliphatic carbocycles. The van der Waals surface area contributed by atoms with E-state index in [-0.39, 0.29) is 5.91 Å². The predicted molar refractivity (Wildman–Crippen MR) is 96.4 cm³/mol. The van der Waals surface area contributed by atoms with Gasteiger partial charge in [-0.25, -0.2) is 0 Å². The van der Waals surface area contributed by atoms with Crippen molar-refractivity contribution in [2.75, 3.05) is 25.1 Å². The van der Waals surface area contributed by atoms with E-state index in [1.807, 2.05) is 18.3 Å². The van der Waals surface area contributed by atoms with E-state index in [0.29, 0.717) is 12.3 Å². The van der Waals surface area contributed by atoms with E-state index in [2.05, 4.69) is 22.9 Å². The number of methoxy groups -OCH3 is 1. The summed E-state index contributed by atoms with van der Waals surface area (Å²) in [5.41, 5.74) is 8.62. The molecule has 2 heterocycles. The lowest BCUT2D eigenvalue weighted by molar-refractivity contribution is -0.118. The van der Waals surface area contributed by atoms with Gasteiger partial charge in [-0.05, 0) is 43.7 Å². The lowest BCUT2D eigenvalue weighted by Crippen LogP contribution is -2.36. The standard InChI is InChI=1S/C19H25N3O2/c1-13-11-21-18-15(6-3-7-16(18)24-2)19(13)22-10-4-5-14(12-22)8-9-17(20)23/h3,6-7,11,14H,4-5,8-10,12H2,1-2H3,(H2,20,23)/t14-/m0/s1. The number of aryl methyl sites for hydroxylation is 1. The molecule has 24 heavy (non-hydrogen) atoms. The van der Waals surface area contributed by atoms with Gasteiger partial charge in [-0.1, -0.05) is 12.1 Å². The molecule has 1 aliphatic heterocycles. The Hall–Kier alpha value is -2.30. The minimum Gasteiger partial charge on any atom is -0.494 e. The fourth-order valence-corrected chi connectivity index (χ4v) is 3.72. The molecule has 1 aliphatic rings. The third-order valence-corrected chi connectivity index (χ3v) is 4.87. The summed E-state index contributed by atoms with van der Waals surface area (Å²) in [6.07, 6.45) is 5.57. The van der Waals surface area contributed by atoms with E-state index >= 15 is 0 Å². The predicted octanol–water partition coefficient (Wildman–Crippen LogP) is 3.03. The molecule has 5 heteroatoms. The van der Waals surface area contributed by atoms with Crippen LogP contribution in [0.1, 0.15) is 31.2 Å². The number of para-hydroxylation sites is 1. The molecule has 1 saturated heterocycles. The van der Waals surface area contributed by atoms with Gasteiger partial charge < -0.3 is 15.4 Å². The van der Waals surface area contributed by atoms with Crippen molar-refractivity contribution in [2.45, 2.75) is 32.6 Å². The fraction of sp³-hybridized carbons (Fsp3) is 0.474. The summed E-state index contributed by atoms with van der Waals surface area (Å²) in [5, 5.41) is 1.13. The van der Waals surface area contributed by atoms with Crippen LogP contribution < -0.4 is 15.4 Å². The Morgan fingerprint density at radius 2 is 2.29 bits per heavy atom. The van der Waals surface area contributed by atoms with E-state index in [1.165, 1.54) is 11.3 Å². The molecule has 3 rings (SSSR count). The van der Waals surface area contributed by atoms with Crippen molar-refractivity contribution < 1.29 is 9.53 Å². The highest BCUT2D eigenvalue weighted by molar-refractivity contribution is 5.96. The summed E-state index contributed by atoms with van der Waals surface area (Å²) >= 11 is 0. The molecular formula is C19H25N3O2. The lowest BCUT2D eigenvalue weighted by Gasteiger charge is -2.36. The highest BCUT2D eigenvalue weighted by atomic mass is 16.5. The third-order valence-electron chi connectivity index (χ3n) is 4.87. The molecule has 128 valence electrons. The summed E-state index contributed by atoms with van der Waals surface area (Å²) in [6, 6.07) is 6.07. The SMILES string of the molecule is COc1cccc2c(N3CCC[C@@H](CCC(N)=O)C3)c(C)cnc12. The van der Waals surface area contributed by atoms with Gasteiger partial charge in [0.15, 0.2) is 0 Å². The van der Waals surface area contributed by atoms with Gasteiger partial charge in [0.05, 0.1) is 12.8 Å². The highest BCUT2D eigenvalue weighted by Crippen LogP contribution is 2.36. The zero-order valence-electron chi connectivity index (χ0n) is 14.4. The Labute approximate surface area is 142 Å². The number of primary amides is 1. The van der Waals surface area contributed by atoms with Crippen LogP contribution in [0.5, 0.6) is 5.75 Å². The number of piperidine rings is 1. The number of benzene rings is 1. The van der Waals surface area contributed by atoms with E-state index in [1.54, 1.807) is 7.11 Å². The summed E-state index contributed by atoms with van der Waals surface area (Å²) < 4.78 is 5.46. The van der Waals surface area contributed by atoms with Gasteiger partial charge in [0.2, 0.25) is 5.91 Å². The number of pyridine rings is 1. The number of rotatable bonds is 5. The van der Waals surface area contributed by atoms with Crippen LogP contribution in [0.15, 0.2) is 24.4 Å². The number of hydrogen-bond acceptors (Lipinski definition) is 4. The zero-order chi connectivity index (χ0) is 17.1. The van der Waals surface area contributed by atoms with Crippen molar-refractivity contribution in [1.29, 1.82) is 0 Å². The quantitative estimate of drug-likeness (QED) is 0.916. The maximum atomic E-state index is 11.1. The second-order valence-electron chi connectivity index (χ2n) is 6.61. The minimum atomic E-state index is -0.206. The van der Waals surface area contributed by atoms with Crippen molar-refractivity contribution in [3.8, 4) is 5.75 Å². The monoisotopic (exact) mass is 327 g/mol. The molecule has 5 nitrogen and oxygen atoms in total. The highest BCUT2D eigenvalue weighted by Gasteiger charge is 2.23. The van der Waals surface area contributed by atoms with Crippen LogP contribution in [0.3, 0.4) is 0 Å². The number of amides is 1. The first-order valence-electron chi connectivity index (χ1n) is 8.55. The Balaban J connectivity index is 1.93. The second kappa shape index (κ2) is 7.07. The Morgan fingerprint density at radius 3 is 3.04 bits per heavy atom. The molecule has 1 amide bonds. The third kappa shape index (κ3) is 3.30. The second-order valence-corrected chi connectivity index (χ2v) is 6.61. The molecule has 0 unspecified atom stereocenters. The van der Waals surface area contributed by atoms with Gasteiger partial charge >= 0.3 is 0 Å². The van der Waals surface area contributed by atoms with Crippen LogP contribution in [0.25, 0.3) is 10.9 Å². The van der Waals surface area contributed by atoms with E-state index in [9.17, 15) is 4.79 Å². The van der Waals surface area contributed by atoms with Crippen LogP contribution >= 0.6 is 0 Å². The number of aromatic nitrogens is 1. The average Bonchev–Trinajstić information content (AvgIpc) is 2.59. The smallest absolute Gasteiger partial charge is 0.217 e. The summed E-state index contributed by atoms with van der Waals surface area (Å²) in [6.45, 7) is 4.10. The number of fused-ring (bicyclic) bond motifs is 1. The van der Waals surface area contributed by atoms with Gasteiger partial charge in [-0.15, -0.1) is 0 Å². The first kappa shape index (κ1) is 16.6. The van der Waals surface area contributed by atoms with Gasteiger partial charge in [0.1, 0.15) is 11.3 Å². The van der Waals surface area contributed by atoms with Gasteiger partial charge in [-0.2, -0.15) is 0 Å². The first-order chi connectivity index (χ1) is 11.6. The van der Waals surface area contributed by atoms with Crippen molar-refractivity contribution in [1.82, 2.24) is 4.98 Å². The van der Waals surface area contributed by atoms with Crippen LogP contribution in [-0.4, -0.2) is 31.1 Å². The molecule has 1 aromatic carbocycles. The van der Waals surface area contributed by atoms with Crippen molar-refractivity contribution >= 4 is 22.5 Å². The maximum Gasteiger partial charge on any atom is 0.217 e. The normalized spacial score (nSPS) is 17.9. The van der Waals surface area contributed by atoms with E-state index < -0.39 is 0 Å². The first-order valence-corrected chi connectivity index (χ1v) is 8.55. The van der Waals surface area contributed by atoms with Crippen molar-refractivity contribution in [3.05, 3.63) is 30.0 Å². The number of anilines is 1. The molecule has 0 spiro atoms. The molecule has 1 atom stereocenters. The Morgan fingerprint density at radius 1 is 1.46 bits per heavy atom. The molecule has 0 bridgehead atoms. The molecule has 2 N–H and O–H groups in total. The summed E-state index contributed by atoms with van der Waals surface area (Å²) in [7, 11) is 1.68. The fourth-order valence-electron chi connectivity index (χ4n) is 3.72. The van der Waals surface area contributed by atoms with Gasteiger partial charge in [0.25, 0.3) is 0 Å². The number of nitrogens with zero attached hydrogens (tertiary/aromatic N) is 2.